The molecular weight excluding hydrogens is 561 g/mol. The van der Waals surface area contributed by atoms with Crippen molar-refractivity contribution in [2.45, 2.75) is 12.6 Å². The predicted octanol–water partition coefficient (Wildman–Crippen LogP) is 8.52. The molecule has 0 saturated carbocycles. The zero-order valence-electron chi connectivity index (χ0n) is 24.1. The highest BCUT2D eigenvalue weighted by atomic mass is 31.1. The van der Waals surface area contributed by atoms with Crippen LogP contribution in [0.3, 0.4) is 0 Å². The predicted molar refractivity (Wildman–Crippen MR) is 191 cm³/mol. The monoisotopic (exact) mass is 598 g/mol. The van der Waals surface area contributed by atoms with Gasteiger partial charge in [0, 0.05) is 5.92 Å². The summed E-state index contributed by atoms with van der Waals surface area (Å²) < 4.78 is 0. The lowest BCUT2D eigenvalue weighted by Crippen LogP contribution is -2.25. The highest BCUT2D eigenvalue weighted by molar-refractivity contribution is 7.77. The van der Waals surface area contributed by atoms with Crippen LogP contribution in [0.1, 0.15) is 6.92 Å². The van der Waals surface area contributed by atoms with Gasteiger partial charge >= 0.3 is 0 Å². The standard InChI is InChI=1S/C39H37P3/c1-32(38-28-17-29-39(38)42(36-24-13-5-14-25-36)37-26-15-6-16-27-37)40(33-18-7-2-8-19-33)30-31-41(34-20-9-3-10-21-34)35-22-11-4-12-23-35/h2-29,32,38H,30-31H2,1H3/t32-,38+,40-/m1/s1. The van der Waals surface area contributed by atoms with Gasteiger partial charge in [-0.3, -0.25) is 0 Å². The van der Waals surface area contributed by atoms with Gasteiger partial charge in [-0.05, 0) is 65.7 Å². The summed E-state index contributed by atoms with van der Waals surface area (Å²) in [6.07, 6.45) is 9.69. The van der Waals surface area contributed by atoms with Crippen LogP contribution in [-0.2, 0) is 0 Å². The molecule has 0 aromatic heterocycles. The van der Waals surface area contributed by atoms with Gasteiger partial charge in [-0.2, -0.15) is 0 Å². The minimum absolute atomic E-state index is 0.396. The molecule has 0 radical (unpaired) electrons. The maximum absolute atomic E-state index is 2.53. The molecule has 5 aromatic carbocycles. The zero-order valence-corrected chi connectivity index (χ0v) is 26.8. The number of benzene rings is 5. The Labute approximate surface area is 255 Å². The van der Waals surface area contributed by atoms with Gasteiger partial charge in [-0.25, -0.2) is 0 Å². The Bertz CT molecular complexity index is 1500. The van der Waals surface area contributed by atoms with Gasteiger partial charge in [0.2, 0.25) is 0 Å². The molecule has 0 fully saturated rings. The van der Waals surface area contributed by atoms with E-state index in [0.29, 0.717) is 11.6 Å². The molecule has 0 aliphatic heterocycles. The maximum atomic E-state index is 2.53. The quantitative estimate of drug-likeness (QED) is 0.134. The van der Waals surface area contributed by atoms with Gasteiger partial charge in [-0.15, -0.1) is 0 Å². The van der Waals surface area contributed by atoms with Crippen LogP contribution < -0.4 is 26.5 Å². The molecule has 3 heteroatoms. The number of rotatable bonds is 11. The zero-order chi connectivity index (χ0) is 28.6. The fourth-order valence-electron chi connectivity index (χ4n) is 5.93. The van der Waals surface area contributed by atoms with Gasteiger partial charge in [0.25, 0.3) is 0 Å². The minimum atomic E-state index is -0.598. The molecule has 1 aliphatic carbocycles. The third-order valence-corrected chi connectivity index (χ3v) is 16.4. The van der Waals surface area contributed by atoms with Crippen LogP contribution in [0.15, 0.2) is 175 Å². The van der Waals surface area contributed by atoms with Crippen molar-refractivity contribution in [3.05, 3.63) is 175 Å². The van der Waals surface area contributed by atoms with E-state index in [2.05, 4.69) is 177 Å². The topological polar surface area (TPSA) is 0 Å². The lowest BCUT2D eigenvalue weighted by molar-refractivity contribution is 0.782. The van der Waals surface area contributed by atoms with E-state index in [1.54, 1.807) is 5.31 Å². The van der Waals surface area contributed by atoms with E-state index in [-0.39, 0.29) is 0 Å². The summed E-state index contributed by atoms with van der Waals surface area (Å²) in [7, 11) is -1.41. The summed E-state index contributed by atoms with van der Waals surface area (Å²) in [6, 6.07) is 56.2. The SMILES string of the molecule is C[C@H]([C@@H]1C=CC=C1P(c1ccccc1)c1ccccc1)[P@@](CCP(c1ccccc1)c1ccccc1)c1ccccc1. The van der Waals surface area contributed by atoms with Gasteiger partial charge in [0.05, 0.1) is 0 Å². The van der Waals surface area contributed by atoms with Crippen molar-refractivity contribution in [2.24, 2.45) is 5.92 Å². The third-order valence-electron chi connectivity index (χ3n) is 8.01. The van der Waals surface area contributed by atoms with Crippen LogP contribution >= 0.6 is 23.8 Å². The Morgan fingerprint density at radius 3 is 1.36 bits per heavy atom. The van der Waals surface area contributed by atoms with E-state index >= 15 is 0 Å². The average Bonchev–Trinajstić information content (AvgIpc) is 3.55. The third kappa shape index (κ3) is 6.74. The molecule has 208 valence electrons. The lowest BCUT2D eigenvalue weighted by atomic mass is 10.1. The maximum Gasteiger partial charge on any atom is 0.00997 e. The van der Waals surface area contributed by atoms with E-state index in [0.717, 1.165) is 0 Å². The second-order valence-electron chi connectivity index (χ2n) is 10.6. The Kier molecular flexibility index (Phi) is 9.90. The van der Waals surface area contributed by atoms with Crippen LogP contribution in [0, 0.1) is 5.92 Å². The molecule has 0 unspecified atom stereocenters. The molecule has 0 nitrogen and oxygen atoms in total. The normalized spacial score (nSPS) is 16.0. The number of allylic oxidation sites excluding steroid dienone is 4. The summed E-state index contributed by atoms with van der Waals surface area (Å²) in [5.41, 5.74) is 0.535. The number of hydrogen-bond donors (Lipinski definition) is 0. The van der Waals surface area contributed by atoms with Crippen molar-refractivity contribution in [3.63, 3.8) is 0 Å². The molecule has 0 N–H and O–H groups in total. The molecule has 5 aromatic rings. The molecule has 0 spiro atoms. The van der Waals surface area contributed by atoms with Crippen LogP contribution in [-0.4, -0.2) is 18.0 Å². The first-order valence-electron chi connectivity index (χ1n) is 14.8. The smallest absolute Gasteiger partial charge is 0.00997 e. The van der Waals surface area contributed by atoms with Crippen LogP contribution in [0.25, 0.3) is 0 Å². The first-order chi connectivity index (χ1) is 20.8. The average molecular weight is 599 g/mol. The highest BCUT2D eigenvalue weighted by Gasteiger charge is 2.34. The van der Waals surface area contributed by atoms with Crippen LogP contribution in [0.2, 0.25) is 0 Å². The molecule has 6 rings (SSSR count). The van der Waals surface area contributed by atoms with Crippen LogP contribution in [0.4, 0.5) is 0 Å². The van der Waals surface area contributed by atoms with E-state index in [1.165, 1.54) is 38.8 Å². The molecule has 1 aliphatic rings. The van der Waals surface area contributed by atoms with Crippen LogP contribution in [0.5, 0.6) is 0 Å². The van der Waals surface area contributed by atoms with Crippen molar-refractivity contribution in [3.8, 4) is 0 Å². The first kappa shape index (κ1) is 29.0. The van der Waals surface area contributed by atoms with Gasteiger partial charge in [-0.1, -0.05) is 185 Å². The summed E-state index contributed by atoms with van der Waals surface area (Å²) in [5.74, 6) is 0.433. The van der Waals surface area contributed by atoms with Gasteiger partial charge in [0.1, 0.15) is 0 Å². The Morgan fingerprint density at radius 1 is 0.500 bits per heavy atom. The van der Waals surface area contributed by atoms with Crippen molar-refractivity contribution in [1.29, 1.82) is 0 Å². The van der Waals surface area contributed by atoms with Crippen molar-refractivity contribution in [1.82, 2.24) is 0 Å². The second kappa shape index (κ2) is 14.4. The fourth-order valence-corrected chi connectivity index (χ4v) is 14.6. The minimum Gasteiger partial charge on any atom is -0.0763 e. The van der Waals surface area contributed by atoms with E-state index in [1.807, 2.05) is 0 Å². The molecule has 0 amide bonds. The molecule has 3 atom stereocenters. The Hall–Kier alpha value is -3.13. The van der Waals surface area contributed by atoms with E-state index < -0.39 is 23.8 Å². The fraction of sp³-hybridized carbons (Fsp3) is 0.128. The first-order valence-corrected chi connectivity index (χ1v) is 19.2. The van der Waals surface area contributed by atoms with Crippen molar-refractivity contribution in [2.75, 3.05) is 12.3 Å². The highest BCUT2D eigenvalue weighted by Crippen LogP contribution is 2.56. The Morgan fingerprint density at radius 2 is 0.905 bits per heavy atom. The number of hydrogen-bond acceptors (Lipinski definition) is 0. The molecule has 0 saturated heterocycles. The summed E-state index contributed by atoms with van der Waals surface area (Å²) in [6.45, 7) is 2.53. The molecule has 0 heterocycles. The lowest BCUT2D eigenvalue weighted by Gasteiger charge is -2.34. The van der Waals surface area contributed by atoms with Crippen molar-refractivity contribution < 1.29 is 0 Å². The van der Waals surface area contributed by atoms with Gasteiger partial charge in [0.15, 0.2) is 0 Å². The van der Waals surface area contributed by atoms with E-state index in [4.69, 9.17) is 0 Å². The van der Waals surface area contributed by atoms with E-state index in [9.17, 15) is 0 Å². The molecule has 42 heavy (non-hydrogen) atoms. The largest absolute Gasteiger partial charge is 0.0763 e. The second-order valence-corrected chi connectivity index (χ2v) is 17.9. The van der Waals surface area contributed by atoms with Crippen molar-refractivity contribution >= 4 is 50.3 Å². The summed E-state index contributed by atoms with van der Waals surface area (Å²) in [4.78, 5) is 0. The summed E-state index contributed by atoms with van der Waals surface area (Å²) in [5, 5.41) is 8.95. The molecular formula is C39H37P3. The van der Waals surface area contributed by atoms with Gasteiger partial charge < -0.3 is 0 Å². The summed E-state index contributed by atoms with van der Waals surface area (Å²) >= 11 is 0. The molecule has 0 bridgehead atoms. The Balaban J connectivity index is 1.33.